The molecule has 1 heterocycles. The second kappa shape index (κ2) is 6.95. The van der Waals surface area contributed by atoms with Crippen molar-refractivity contribution in [3.63, 3.8) is 0 Å². The minimum atomic E-state index is -0.419. The molecule has 0 radical (unpaired) electrons. The second-order valence-corrected chi connectivity index (χ2v) is 7.39. The van der Waals surface area contributed by atoms with Gasteiger partial charge in [-0.2, -0.15) is 0 Å². The first-order chi connectivity index (χ1) is 11.5. The molecule has 1 aliphatic carbocycles. The fourth-order valence-corrected chi connectivity index (χ4v) is 3.75. The van der Waals surface area contributed by atoms with Crippen LogP contribution in [0.25, 0.3) is 11.1 Å². The maximum atomic E-state index is 12.5. The van der Waals surface area contributed by atoms with E-state index in [-0.39, 0.29) is 18.4 Å². The summed E-state index contributed by atoms with van der Waals surface area (Å²) in [4.78, 5) is 25.6. The highest BCUT2D eigenvalue weighted by molar-refractivity contribution is 7.17. The number of halogens is 1. The van der Waals surface area contributed by atoms with E-state index in [2.05, 4.69) is 5.32 Å². The quantitative estimate of drug-likeness (QED) is 0.768. The first kappa shape index (κ1) is 17.0. The molecule has 1 aromatic carbocycles. The first-order valence-electron chi connectivity index (χ1n) is 7.88. The van der Waals surface area contributed by atoms with E-state index in [9.17, 15) is 9.59 Å². The van der Waals surface area contributed by atoms with Crippen molar-refractivity contribution in [3.8, 4) is 11.1 Å². The monoisotopic (exact) mass is 363 g/mol. The zero-order valence-corrected chi connectivity index (χ0v) is 15.1. The number of thiophene rings is 1. The molecule has 1 aromatic heterocycles. The SMILES string of the molecule is CCOC(=O)c1c(NC(=O)C2CC2)sc(C)c1-c1ccc(Cl)cc1. The highest BCUT2D eigenvalue weighted by atomic mass is 35.5. The summed E-state index contributed by atoms with van der Waals surface area (Å²) in [5, 5.41) is 4.10. The molecule has 0 bridgehead atoms. The summed E-state index contributed by atoms with van der Waals surface area (Å²) in [5.74, 6) is -0.371. The van der Waals surface area contributed by atoms with Gasteiger partial charge in [0.05, 0.1) is 6.61 Å². The minimum absolute atomic E-state index is 0.0237. The van der Waals surface area contributed by atoms with Crippen molar-refractivity contribution in [1.29, 1.82) is 0 Å². The molecule has 0 spiro atoms. The molecule has 3 rings (SSSR count). The Morgan fingerprint density at radius 2 is 1.96 bits per heavy atom. The average Bonchev–Trinajstić information content (AvgIpc) is 3.33. The lowest BCUT2D eigenvalue weighted by molar-refractivity contribution is -0.117. The van der Waals surface area contributed by atoms with Crippen molar-refractivity contribution < 1.29 is 14.3 Å². The number of carbonyl (C=O) groups is 2. The Hall–Kier alpha value is -1.85. The number of rotatable bonds is 5. The third kappa shape index (κ3) is 3.47. The topological polar surface area (TPSA) is 55.4 Å². The van der Waals surface area contributed by atoms with Crippen molar-refractivity contribution in [1.82, 2.24) is 0 Å². The first-order valence-corrected chi connectivity index (χ1v) is 9.08. The number of carbonyl (C=O) groups excluding carboxylic acids is 2. The van der Waals surface area contributed by atoms with Gasteiger partial charge in [0.25, 0.3) is 0 Å². The molecular formula is C18H18ClNO3S. The van der Waals surface area contributed by atoms with Crippen LogP contribution in [0.15, 0.2) is 24.3 Å². The van der Waals surface area contributed by atoms with Gasteiger partial charge < -0.3 is 10.1 Å². The Balaban J connectivity index is 2.05. The fraction of sp³-hybridized carbons (Fsp3) is 0.333. The zero-order chi connectivity index (χ0) is 17.3. The third-order valence-corrected chi connectivity index (χ3v) is 5.15. The number of aryl methyl sites for hydroxylation is 1. The van der Waals surface area contributed by atoms with E-state index in [1.165, 1.54) is 11.3 Å². The Labute approximate surface area is 149 Å². The summed E-state index contributed by atoms with van der Waals surface area (Å²) in [7, 11) is 0. The maximum absolute atomic E-state index is 12.5. The van der Waals surface area contributed by atoms with Gasteiger partial charge in [0.15, 0.2) is 0 Å². The predicted octanol–water partition coefficient (Wildman–Crippen LogP) is 4.90. The van der Waals surface area contributed by atoms with Crippen LogP contribution in [0.1, 0.15) is 35.0 Å². The van der Waals surface area contributed by atoms with Crippen molar-refractivity contribution >= 4 is 39.8 Å². The number of hydrogen-bond acceptors (Lipinski definition) is 4. The number of hydrogen-bond donors (Lipinski definition) is 1. The molecule has 6 heteroatoms. The third-order valence-electron chi connectivity index (χ3n) is 3.88. The summed E-state index contributed by atoms with van der Waals surface area (Å²) in [5.41, 5.74) is 2.10. The van der Waals surface area contributed by atoms with Gasteiger partial charge in [0.2, 0.25) is 5.91 Å². The molecule has 1 saturated carbocycles. The summed E-state index contributed by atoms with van der Waals surface area (Å²) < 4.78 is 5.22. The fourth-order valence-electron chi connectivity index (χ4n) is 2.55. The Bertz CT molecular complexity index is 778. The number of benzene rings is 1. The second-order valence-electron chi connectivity index (χ2n) is 5.73. The highest BCUT2D eigenvalue weighted by Crippen LogP contribution is 2.41. The predicted molar refractivity (Wildman–Crippen MR) is 96.8 cm³/mol. The molecule has 24 heavy (non-hydrogen) atoms. The van der Waals surface area contributed by atoms with Crippen LogP contribution in [0.5, 0.6) is 0 Å². The lowest BCUT2D eigenvalue weighted by atomic mass is 10.0. The van der Waals surface area contributed by atoms with Crippen LogP contribution in [-0.2, 0) is 9.53 Å². The number of nitrogens with one attached hydrogen (secondary N) is 1. The summed E-state index contributed by atoms with van der Waals surface area (Å²) in [6, 6.07) is 7.30. The molecule has 0 saturated heterocycles. The molecule has 0 unspecified atom stereocenters. The summed E-state index contributed by atoms with van der Waals surface area (Å²) in [6.45, 7) is 3.98. The average molecular weight is 364 g/mol. The lowest BCUT2D eigenvalue weighted by Gasteiger charge is -2.09. The van der Waals surface area contributed by atoms with Gasteiger partial charge in [-0.05, 0) is 44.4 Å². The Morgan fingerprint density at radius 3 is 2.54 bits per heavy atom. The zero-order valence-electron chi connectivity index (χ0n) is 13.5. The van der Waals surface area contributed by atoms with Gasteiger partial charge in [-0.15, -0.1) is 11.3 Å². The Morgan fingerprint density at radius 1 is 1.29 bits per heavy atom. The van der Waals surface area contributed by atoms with Crippen molar-refractivity contribution in [2.45, 2.75) is 26.7 Å². The Kier molecular flexibility index (Phi) is 4.92. The van der Waals surface area contributed by atoms with E-state index in [4.69, 9.17) is 16.3 Å². The summed E-state index contributed by atoms with van der Waals surface area (Å²) in [6.07, 6.45) is 1.82. The van der Waals surface area contributed by atoms with Gasteiger partial charge >= 0.3 is 5.97 Å². The smallest absolute Gasteiger partial charge is 0.341 e. The molecule has 1 N–H and O–H groups in total. The molecule has 1 fully saturated rings. The van der Waals surface area contributed by atoms with Crippen LogP contribution in [0, 0.1) is 12.8 Å². The molecule has 1 amide bonds. The van der Waals surface area contributed by atoms with Crippen LogP contribution >= 0.6 is 22.9 Å². The van der Waals surface area contributed by atoms with Gasteiger partial charge in [-0.25, -0.2) is 4.79 Å². The molecule has 2 aromatic rings. The molecule has 0 atom stereocenters. The number of ether oxygens (including phenoxy) is 1. The number of amides is 1. The van der Waals surface area contributed by atoms with Crippen LogP contribution in [-0.4, -0.2) is 18.5 Å². The number of esters is 1. The van der Waals surface area contributed by atoms with E-state index < -0.39 is 5.97 Å². The highest BCUT2D eigenvalue weighted by Gasteiger charge is 2.32. The summed E-state index contributed by atoms with van der Waals surface area (Å²) >= 11 is 7.36. The van der Waals surface area contributed by atoms with E-state index in [0.717, 1.165) is 28.8 Å². The van der Waals surface area contributed by atoms with Crippen LogP contribution in [0.2, 0.25) is 5.02 Å². The van der Waals surface area contributed by atoms with Gasteiger partial charge in [-0.3, -0.25) is 4.79 Å². The largest absolute Gasteiger partial charge is 0.462 e. The molecule has 0 aliphatic heterocycles. The van der Waals surface area contributed by atoms with Crippen LogP contribution < -0.4 is 5.32 Å². The van der Waals surface area contributed by atoms with Crippen LogP contribution in [0.4, 0.5) is 5.00 Å². The van der Waals surface area contributed by atoms with E-state index in [0.29, 0.717) is 15.6 Å². The van der Waals surface area contributed by atoms with E-state index in [1.807, 2.05) is 19.1 Å². The van der Waals surface area contributed by atoms with Crippen molar-refractivity contribution in [2.24, 2.45) is 5.92 Å². The van der Waals surface area contributed by atoms with Crippen LogP contribution in [0.3, 0.4) is 0 Å². The normalized spacial score (nSPS) is 13.6. The van der Waals surface area contributed by atoms with Gasteiger partial charge in [0.1, 0.15) is 10.6 Å². The molecule has 1 aliphatic rings. The standard InChI is InChI=1S/C18H18ClNO3S/c1-3-23-18(22)15-14(11-6-8-13(19)9-7-11)10(2)24-17(15)20-16(21)12-4-5-12/h6-9,12H,3-5H2,1-2H3,(H,20,21). The van der Waals surface area contributed by atoms with Crippen molar-refractivity contribution in [2.75, 3.05) is 11.9 Å². The minimum Gasteiger partial charge on any atom is -0.462 e. The molecular weight excluding hydrogens is 346 g/mol. The number of anilines is 1. The van der Waals surface area contributed by atoms with E-state index >= 15 is 0 Å². The molecule has 126 valence electrons. The maximum Gasteiger partial charge on any atom is 0.341 e. The molecule has 4 nitrogen and oxygen atoms in total. The lowest BCUT2D eigenvalue weighted by Crippen LogP contribution is -2.15. The van der Waals surface area contributed by atoms with Crippen molar-refractivity contribution in [3.05, 3.63) is 39.7 Å². The van der Waals surface area contributed by atoms with Gasteiger partial charge in [0, 0.05) is 21.4 Å². The van der Waals surface area contributed by atoms with E-state index in [1.54, 1.807) is 19.1 Å². The van der Waals surface area contributed by atoms with Gasteiger partial charge in [-0.1, -0.05) is 23.7 Å².